The van der Waals surface area contributed by atoms with Crippen molar-refractivity contribution >= 4 is 17.7 Å². The molecule has 4 nitrogen and oxygen atoms in total. The van der Waals surface area contributed by atoms with E-state index < -0.39 is 5.97 Å². The Kier molecular flexibility index (Phi) is 3.95. The van der Waals surface area contributed by atoms with Crippen molar-refractivity contribution in [2.24, 2.45) is 7.05 Å². The van der Waals surface area contributed by atoms with Crippen molar-refractivity contribution in [3.8, 4) is 0 Å². The van der Waals surface area contributed by atoms with Crippen LogP contribution in [0.25, 0.3) is 0 Å². The minimum absolute atomic E-state index is 0.306. The number of hydrogen-bond donors (Lipinski definition) is 1. The van der Waals surface area contributed by atoms with Crippen LogP contribution >= 0.6 is 11.8 Å². The van der Waals surface area contributed by atoms with Gasteiger partial charge in [0.1, 0.15) is 10.6 Å². The molecule has 0 amide bonds. The molecule has 1 heterocycles. The van der Waals surface area contributed by atoms with Crippen LogP contribution in [0, 0.1) is 13.8 Å². The normalized spacial score (nSPS) is 10.7. The van der Waals surface area contributed by atoms with E-state index in [1.807, 2.05) is 25.1 Å². The molecule has 0 aliphatic rings. The maximum atomic E-state index is 11.3. The first-order valence-electron chi connectivity index (χ1n) is 5.94. The minimum Gasteiger partial charge on any atom is -0.478 e. The average molecular weight is 276 g/mol. The van der Waals surface area contributed by atoms with Gasteiger partial charge in [-0.3, -0.25) is 4.68 Å². The van der Waals surface area contributed by atoms with Gasteiger partial charge in [0.2, 0.25) is 0 Å². The topological polar surface area (TPSA) is 55.1 Å². The van der Waals surface area contributed by atoms with Crippen molar-refractivity contribution in [3.63, 3.8) is 0 Å². The maximum Gasteiger partial charge on any atom is 0.340 e. The number of carboxylic acid groups (broad SMARTS) is 1. The fraction of sp³-hybridized carbons (Fsp3) is 0.286. The van der Waals surface area contributed by atoms with Gasteiger partial charge in [0.05, 0.1) is 5.69 Å². The maximum absolute atomic E-state index is 11.3. The third kappa shape index (κ3) is 2.98. The molecule has 2 aromatic rings. The molecule has 0 atom stereocenters. The molecule has 2 rings (SSSR count). The average Bonchev–Trinajstić information content (AvgIpc) is 2.61. The van der Waals surface area contributed by atoms with Crippen LogP contribution < -0.4 is 0 Å². The Labute approximate surface area is 116 Å². The number of hydrogen-bond acceptors (Lipinski definition) is 3. The van der Waals surface area contributed by atoms with Gasteiger partial charge in [-0.05, 0) is 19.4 Å². The predicted octanol–water partition coefficient (Wildman–Crippen LogP) is 3.03. The summed E-state index contributed by atoms with van der Waals surface area (Å²) in [6.07, 6.45) is 0. The summed E-state index contributed by atoms with van der Waals surface area (Å²) in [7, 11) is 1.78. The van der Waals surface area contributed by atoms with Crippen LogP contribution in [0.5, 0.6) is 0 Å². The first-order valence-corrected chi connectivity index (χ1v) is 6.93. The molecule has 0 radical (unpaired) electrons. The third-order valence-electron chi connectivity index (χ3n) is 2.84. The summed E-state index contributed by atoms with van der Waals surface area (Å²) >= 11 is 1.50. The fourth-order valence-electron chi connectivity index (χ4n) is 2.00. The second-order valence-corrected chi connectivity index (χ2v) is 5.44. The molecule has 0 aliphatic heterocycles. The Balaban J connectivity index is 2.22. The summed E-state index contributed by atoms with van der Waals surface area (Å²) in [5, 5.41) is 14.1. The third-order valence-corrected chi connectivity index (χ3v) is 4.06. The number of aryl methyl sites for hydroxylation is 3. The molecule has 1 N–H and O–H groups in total. The lowest BCUT2D eigenvalue weighted by atomic mass is 10.2. The molecular weight excluding hydrogens is 260 g/mol. The first kappa shape index (κ1) is 13.7. The van der Waals surface area contributed by atoms with Gasteiger partial charge in [-0.25, -0.2) is 4.79 Å². The van der Waals surface area contributed by atoms with Gasteiger partial charge in [0, 0.05) is 12.8 Å². The zero-order chi connectivity index (χ0) is 14.0. The predicted molar refractivity (Wildman–Crippen MR) is 75.6 cm³/mol. The van der Waals surface area contributed by atoms with Crippen LogP contribution in [-0.2, 0) is 12.8 Å². The first-order chi connectivity index (χ1) is 8.99. The van der Waals surface area contributed by atoms with Crippen LogP contribution in [0.4, 0.5) is 0 Å². The molecule has 0 unspecified atom stereocenters. The van der Waals surface area contributed by atoms with Gasteiger partial charge in [-0.2, -0.15) is 5.10 Å². The Morgan fingerprint density at radius 2 is 2.16 bits per heavy atom. The number of thioether (sulfide) groups is 1. The van der Waals surface area contributed by atoms with Crippen LogP contribution in [0.3, 0.4) is 0 Å². The van der Waals surface area contributed by atoms with Crippen LogP contribution in [0.2, 0.25) is 0 Å². The number of aromatic nitrogens is 2. The highest BCUT2D eigenvalue weighted by Crippen LogP contribution is 2.28. The van der Waals surface area contributed by atoms with Gasteiger partial charge in [-0.1, -0.05) is 29.8 Å². The van der Waals surface area contributed by atoms with Crippen LogP contribution in [0.15, 0.2) is 29.3 Å². The number of benzene rings is 1. The van der Waals surface area contributed by atoms with Gasteiger partial charge in [0.25, 0.3) is 0 Å². The summed E-state index contributed by atoms with van der Waals surface area (Å²) in [6, 6.07) is 8.21. The largest absolute Gasteiger partial charge is 0.478 e. The lowest BCUT2D eigenvalue weighted by molar-refractivity contribution is 0.0692. The highest BCUT2D eigenvalue weighted by atomic mass is 32.2. The summed E-state index contributed by atoms with van der Waals surface area (Å²) in [4.78, 5) is 11.3. The molecule has 0 spiro atoms. The molecule has 100 valence electrons. The van der Waals surface area contributed by atoms with Crippen molar-refractivity contribution in [1.82, 2.24) is 9.78 Å². The standard InChI is InChI=1S/C14H16N2O2S/c1-9-5-4-6-11(7-9)8-19-13-12(14(17)18)10(2)15-16(13)3/h4-7H,8H2,1-3H3,(H,17,18). The smallest absolute Gasteiger partial charge is 0.340 e. The zero-order valence-electron chi connectivity index (χ0n) is 11.2. The number of rotatable bonds is 4. The summed E-state index contributed by atoms with van der Waals surface area (Å²) < 4.78 is 1.64. The van der Waals surface area contributed by atoms with Crippen molar-refractivity contribution in [2.75, 3.05) is 0 Å². The molecular formula is C14H16N2O2S. The molecule has 1 aromatic carbocycles. The molecule has 0 saturated carbocycles. The van der Waals surface area contributed by atoms with Gasteiger partial charge in [-0.15, -0.1) is 11.8 Å². The summed E-state index contributed by atoms with van der Waals surface area (Å²) in [6.45, 7) is 3.77. The summed E-state index contributed by atoms with van der Waals surface area (Å²) in [5.41, 5.74) is 3.25. The van der Waals surface area contributed by atoms with E-state index in [4.69, 9.17) is 0 Å². The fourth-order valence-corrected chi connectivity index (χ4v) is 3.09. The Bertz CT molecular complexity index is 620. The second-order valence-electron chi connectivity index (χ2n) is 4.47. The number of carbonyl (C=O) groups is 1. The van der Waals surface area contributed by atoms with Gasteiger partial charge >= 0.3 is 5.97 Å². The Morgan fingerprint density at radius 1 is 1.42 bits per heavy atom. The van der Waals surface area contributed by atoms with E-state index >= 15 is 0 Å². The van der Waals surface area contributed by atoms with Crippen LogP contribution in [0.1, 0.15) is 27.2 Å². The molecule has 0 bridgehead atoms. The van der Waals surface area contributed by atoms with Gasteiger partial charge in [0.15, 0.2) is 0 Å². The zero-order valence-corrected chi connectivity index (χ0v) is 12.0. The van der Waals surface area contributed by atoms with E-state index in [2.05, 4.69) is 11.2 Å². The lowest BCUT2D eigenvalue weighted by Gasteiger charge is -2.05. The molecule has 5 heteroatoms. The van der Waals surface area contributed by atoms with Crippen LogP contribution in [-0.4, -0.2) is 20.9 Å². The number of carboxylic acids is 1. The SMILES string of the molecule is Cc1cccc(CSc2c(C(=O)O)c(C)nn2C)c1. The van der Waals surface area contributed by atoms with E-state index in [0.717, 1.165) is 5.75 Å². The second kappa shape index (κ2) is 5.48. The van der Waals surface area contributed by atoms with Crippen molar-refractivity contribution in [1.29, 1.82) is 0 Å². The lowest BCUT2D eigenvalue weighted by Crippen LogP contribution is -2.00. The van der Waals surface area contributed by atoms with Crippen molar-refractivity contribution < 1.29 is 9.90 Å². The molecule has 0 fully saturated rings. The molecule has 19 heavy (non-hydrogen) atoms. The molecule has 1 aromatic heterocycles. The van der Waals surface area contributed by atoms with E-state index in [1.54, 1.807) is 18.7 Å². The van der Waals surface area contributed by atoms with E-state index in [9.17, 15) is 9.90 Å². The number of aromatic carboxylic acids is 1. The number of nitrogens with zero attached hydrogens (tertiary/aromatic N) is 2. The highest BCUT2D eigenvalue weighted by molar-refractivity contribution is 7.98. The van der Waals surface area contributed by atoms with Gasteiger partial charge < -0.3 is 5.11 Å². The van der Waals surface area contributed by atoms with Crippen molar-refractivity contribution in [3.05, 3.63) is 46.6 Å². The minimum atomic E-state index is -0.919. The highest BCUT2D eigenvalue weighted by Gasteiger charge is 2.19. The molecule has 0 saturated heterocycles. The van der Waals surface area contributed by atoms with E-state index in [1.165, 1.54) is 22.9 Å². The Morgan fingerprint density at radius 3 is 2.79 bits per heavy atom. The monoisotopic (exact) mass is 276 g/mol. The Hall–Kier alpha value is -1.75. The quantitative estimate of drug-likeness (QED) is 0.872. The van der Waals surface area contributed by atoms with E-state index in [-0.39, 0.29) is 0 Å². The summed E-state index contributed by atoms with van der Waals surface area (Å²) in [5.74, 6) is -0.182. The molecule has 0 aliphatic carbocycles. The van der Waals surface area contributed by atoms with E-state index in [0.29, 0.717) is 16.3 Å². The van der Waals surface area contributed by atoms with Crippen molar-refractivity contribution in [2.45, 2.75) is 24.6 Å².